The van der Waals surface area contributed by atoms with Crippen LogP contribution in [0.1, 0.15) is 44.5 Å². The van der Waals surface area contributed by atoms with Crippen LogP contribution in [0.3, 0.4) is 0 Å². The maximum Gasteiger partial charge on any atom is 0.252 e. The average Bonchev–Trinajstić information content (AvgIpc) is 4.28. The highest BCUT2D eigenvalue weighted by molar-refractivity contribution is 6.99. The molecule has 0 atom stereocenters. The van der Waals surface area contributed by atoms with Gasteiger partial charge in [0.25, 0.3) is 6.71 Å². The first-order valence-electron chi connectivity index (χ1n) is 25.5. The molecule has 5 aliphatic rings. The number of para-hydroxylation sites is 4. The molecule has 2 spiro atoms. The van der Waals surface area contributed by atoms with Crippen molar-refractivity contribution in [1.82, 2.24) is 8.80 Å². The van der Waals surface area contributed by atoms with Gasteiger partial charge in [0.15, 0.2) is 0 Å². The molecule has 4 aromatic heterocycles. The fourth-order valence-corrected chi connectivity index (χ4v) is 16.5. The van der Waals surface area contributed by atoms with Gasteiger partial charge in [0.1, 0.15) is 11.5 Å². The normalized spacial score (nSPS) is 15.5. The van der Waals surface area contributed by atoms with Crippen LogP contribution in [0.25, 0.3) is 98.4 Å². The number of rotatable bonds is 0. The van der Waals surface area contributed by atoms with Crippen molar-refractivity contribution in [2.75, 3.05) is 0 Å². The minimum absolute atomic E-state index is 0.131. The van der Waals surface area contributed by atoms with E-state index < -0.39 is 10.8 Å². The maximum atomic E-state index is 8.41. The van der Waals surface area contributed by atoms with Gasteiger partial charge in [-0.05, 0) is 102 Å². The van der Waals surface area contributed by atoms with Gasteiger partial charge in [-0.25, -0.2) is 0 Å². The summed E-state index contributed by atoms with van der Waals surface area (Å²) < 4.78 is 13.5. The molecule has 0 saturated heterocycles. The van der Waals surface area contributed by atoms with Gasteiger partial charge >= 0.3 is 0 Å². The summed E-state index contributed by atoms with van der Waals surface area (Å²) in [6, 6.07) is 81.7. The largest absolute Gasteiger partial charge is 0.454 e. The minimum atomic E-state index is -0.645. The van der Waals surface area contributed by atoms with E-state index in [4.69, 9.17) is 4.74 Å². The SMILES string of the molecule is c1ccc2c(c1)-c1ccccc1C21c2cccc3c2B2c4c1cc1c5cccc6c7ccccc7n(c1c4Oc1c2c(cc2c4cccc7c8ccccc8n(c12)c74)C31c2ccccc2-c2ccccc21)c65. The third-order valence-corrected chi connectivity index (χ3v) is 18.7. The summed E-state index contributed by atoms with van der Waals surface area (Å²) in [5, 5.41) is 10.1. The van der Waals surface area contributed by atoms with Crippen molar-refractivity contribution in [2.45, 2.75) is 10.8 Å². The van der Waals surface area contributed by atoms with Gasteiger partial charge < -0.3 is 13.5 Å². The van der Waals surface area contributed by atoms with Crippen LogP contribution >= 0.6 is 0 Å². The van der Waals surface area contributed by atoms with Gasteiger partial charge in [-0.1, -0.05) is 194 Å². The van der Waals surface area contributed by atoms with Gasteiger partial charge in [0.2, 0.25) is 0 Å². The van der Waals surface area contributed by atoms with Crippen molar-refractivity contribution >= 4 is 99.3 Å². The Kier molecular flexibility index (Phi) is 5.77. The molecule has 15 aromatic rings. The van der Waals surface area contributed by atoms with E-state index in [0.29, 0.717) is 0 Å². The molecule has 0 saturated carbocycles. The first-order chi connectivity index (χ1) is 35.8. The first kappa shape index (κ1) is 35.9. The van der Waals surface area contributed by atoms with Gasteiger partial charge in [-0.2, -0.15) is 0 Å². The highest BCUT2D eigenvalue weighted by Crippen LogP contribution is 2.64. The zero-order chi connectivity index (χ0) is 46.1. The van der Waals surface area contributed by atoms with Crippen LogP contribution in [-0.2, 0) is 10.8 Å². The number of hydrogen-bond donors (Lipinski definition) is 0. The molecule has 72 heavy (non-hydrogen) atoms. The molecule has 11 aromatic carbocycles. The molecule has 0 fully saturated rings. The van der Waals surface area contributed by atoms with E-state index in [2.05, 4.69) is 221 Å². The van der Waals surface area contributed by atoms with Gasteiger partial charge in [0, 0.05) is 43.1 Å². The van der Waals surface area contributed by atoms with Crippen LogP contribution in [0.15, 0.2) is 212 Å². The van der Waals surface area contributed by atoms with E-state index in [1.54, 1.807) is 0 Å². The second-order valence-electron chi connectivity index (χ2n) is 21.2. The third kappa shape index (κ3) is 3.47. The highest BCUT2D eigenvalue weighted by atomic mass is 16.5. The Morgan fingerprint density at radius 1 is 0.278 bits per heavy atom. The van der Waals surface area contributed by atoms with Crippen LogP contribution in [0.2, 0.25) is 0 Å². The standard InChI is InChI=1S/C68H35BN2O/c1-7-26-48-36(16-1)37-17-2-8-27-49(37)67(48)52-30-15-31-53-58(52)69-59-54(67)34-46-44-24-13-22-42-40-20-5-11-32-56(40)70(61(42)44)63(46)65(59)72-66-60(69)55(68(53)50-28-9-3-18-38(50)39-19-4-10-29-51(39)68)35-47-45-25-14-23-43-41-21-6-12-33-57(41)71(62(43)45)64(47)66/h1-35H. The van der Waals surface area contributed by atoms with E-state index in [9.17, 15) is 0 Å². The Bertz CT molecular complexity index is 4700. The van der Waals surface area contributed by atoms with E-state index in [-0.39, 0.29) is 6.71 Å². The summed E-state index contributed by atoms with van der Waals surface area (Å²) in [6.07, 6.45) is 0. The predicted octanol–water partition coefficient (Wildman–Crippen LogP) is 14.0. The summed E-state index contributed by atoms with van der Waals surface area (Å²) in [6.45, 7) is -0.131. The van der Waals surface area contributed by atoms with Crippen LogP contribution in [0.4, 0.5) is 0 Å². The Morgan fingerprint density at radius 2 is 0.611 bits per heavy atom. The van der Waals surface area contributed by atoms with Crippen molar-refractivity contribution in [3.63, 3.8) is 0 Å². The van der Waals surface area contributed by atoms with Crippen LogP contribution in [-0.4, -0.2) is 15.5 Å². The number of benzene rings is 11. The third-order valence-electron chi connectivity index (χ3n) is 18.7. The zero-order valence-corrected chi connectivity index (χ0v) is 38.6. The molecule has 0 bridgehead atoms. The molecule has 7 heterocycles. The minimum Gasteiger partial charge on any atom is -0.454 e. The van der Waals surface area contributed by atoms with Crippen molar-refractivity contribution in [1.29, 1.82) is 0 Å². The molecule has 0 radical (unpaired) electrons. The fourth-order valence-electron chi connectivity index (χ4n) is 16.5. The van der Waals surface area contributed by atoms with E-state index in [0.717, 1.165) is 22.5 Å². The molecule has 0 N–H and O–H groups in total. The van der Waals surface area contributed by atoms with Crippen molar-refractivity contribution in [3.8, 4) is 33.8 Å². The fraction of sp³-hybridized carbons (Fsp3) is 0.0294. The Balaban J connectivity index is 1.09. The Labute approximate surface area is 412 Å². The molecule has 0 amide bonds. The van der Waals surface area contributed by atoms with Crippen LogP contribution < -0.4 is 21.1 Å². The quantitative estimate of drug-likeness (QED) is 0.139. The van der Waals surface area contributed by atoms with Gasteiger partial charge in [-0.3, -0.25) is 0 Å². The number of fused-ring (bicyclic) bond motifs is 28. The van der Waals surface area contributed by atoms with E-state index in [1.807, 2.05) is 0 Å². The van der Waals surface area contributed by atoms with Crippen molar-refractivity contribution < 1.29 is 4.74 Å². The Morgan fingerprint density at radius 3 is 1.04 bits per heavy atom. The predicted molar refractivity (Wildman–Crippen MR) is 295 cm³/mol. The van der Waals surface area contributed by atoms with E-state index >= 15 is 0 Å². The summed E-state index contributed by atoms with van der Waals surface area (Å²) in [5.74, 6) is 1.96. The lowest BCUT2D eigenvalue weighted by atomic mass is 9.25. The van der Waals surface area contributed by atoms with Crippen LogP contribution in [0, 0.1) is 0 Å². The highest BCUT2D eigenvalue weighted by Gasteiger charge is 2.62. The number of ether oxygens (including phenoxy) is 1. The lowest BCUT2D eigenvalue weighted by molar-refractivity contribution is 0.493. The zero-order valence-electron chi connectivity index (χ0n) is 38.6. The number of hydrogen-bond acceptors (Lipinski definition) is 1. The summed E-state index contributed by atoms with van der Waals surface area (Å²) in [7, 11) is 0. The lowest BCUT2D eigenvalue weighted by Crippen LogP contribution is -2.69. The maximum absolute atomic E-state index is 8.41. The van der Waals surface area contributed by atoms with Gasteiger partial charge in [-0.15, -0.1) is 0 Å². The Hall–Kier alpha value is -9.12. The second kappa shape index (κ2) is 11.6. The van der Waals surface area contributed by atoms with Crippen molar-refractivity contribution in [2.24, 2.45) is 0 Å². The molecular weight excluding hydrogens is 872 g/mol. The molecule has 4 heteroatoms. The van der Waals surface area contributed by atoms with Crippen molar-refractivity contribution in [3.05, 3.63) is 257 Å². The molecule has 2 aliphatic carbocycles. The monoisotopic (exact) mass is 906 g/mol. The molecule has 3 nitrogen and oxygen atoms in total. The molecule has 3 aliphatic heterocycles. The summed E-state index contributed by atoms with van der Waals surface area (Å²) >= 11 is 0. The topological polar surface area (TPSA) is 18.1 Å². The smallest absolute Gasteiger partial charge is 0.252 e. The number of nitrogens with zero attached hydrogens (tertiary/aromatic N) is 2. The first-order valence-corrected chi connectivity index (χ1v) is 25.5. The molecule has 20 rings (SSSR count). The molecular formula is C68H35BN2O. The summed E-state index contributed by atoms with van der Waals surface area (Å²) in [4.78, 5) is 0. The number of aromatic nitrogens is 2. The average molecular weight is 907 g/mol. The molecule has 326 valence electrons. The van der Waals surface area contributed by atoms with Crippen LogP contribution in [0.5, 0.6) is 11.5 Å². The molecule has 0 unspecified atom stereocenters. The van der Waals surface area contributed by atoms with Gasteiger partial charge in [0.05, 0.1) is 43.9 Å². The lowest BCUT2D eigenvalue weighted by Gasteiger charge is -2.51. The second-order valence-corrected chi connectivity index (χ2v) is 21.2. The summed E-state index contributed by atoms with van der Waals surface area (Å²) in [5.41, 5.74) is 25.9. The van der Waals surface area contributed by atoms with E-state index in [1.165, 1.54) is 148 Å².